The molecule has 2 nitrogen and oxygen atoms in total. The van der Waals surface area contributed by atoms with Crippen LogP contribution in [-0.4, -0.2) is 11.6 Å². The number of aromatic nitrogens is 1. The number of pyridine rings is 1. The van der Waals surface area contributed by atoms with E-state index < -0.39 is 0 Å². The maximum Gasteiger partial charge on any atom is 0.139 e. The monoisotopic (exact) mass is 185 g/mol. The largest absolute Gasteiger partial charge is 0.492 e. The van der Waals surface area contributed by atoms with Crippen molar-refractivity contribution in [3.05, 3.63) is 23.0 Å². The number of ether oxygens (including phenoxy) is 1. The summed E-state index contributed by atoms with van der Waals surface area (Å²) in [5.74, 6) is 0.736. The first-order valence-electron chi connectivity index (χ1n) is 4.05. The lowest BCUT2D eigenvalue weighted by Gasteiger charge is -2.04. The van der Waals surface area contributed by atoms with Gasteiger partial charge in [-0.1, -0.05) is 18.5 Å². The Hall–Kier alpha value is -0.760. The van der Waals surface area contributed by atoms with Crippen LogP contribution in [0.4, 0.5) is 0 Å². The standard InChI is InChI=1S/C9H12ClNO/c1-3-9-8(10)5-7(6-11-9)12-4-2/h5-6H,3-4H2,1-2H3. The first-order chi connectivity index (χ1) is 5.77. The van der Waals surface area contributed by atoms with Crippen LogP contribution < -0.4 is 4.74 Å². The lowest BCUT2D eigenvalue weighted by atomic mass is 10.3. The van der Waals surface area contributed by atoms with Crippen LogP contribution in [0.3, 0.4) is 0 Å². The Morgan fingerprint density at radius 3 is 2.75 bits per heavy atom. The van der Waals surface area contributed by atoms with Gasteiger partial charge in [-0.05, 0) is 13.3 Å². The van der Waals surface area contributed by atoms with Crippen molar-refractivity contribution in [2.24, 2.45) is 0 Å². The van der Waals surface area contributed by atoms with Crippen molar-refractivity contribution in [1.82, 2.24) is 4.98 Å². The van der Waals surface area contributed by atoms with E-state index in [-0.39, 0.29) is 0 Å². The Labute approximate surface area is 77.5 Å². The summed E-state index contributed by atoms with van der Waals surface area (Å²) in [7, 11) is 0. The minimum Gasteiger partial charge on any atom is -0.492 e. The molecule has 3 heteroatoms. The number of hydrogen-bond donors (Lipinski definition) is 0. The van der Waals surface area contributed by atoms with Gasteiger partial charge >= 0.3 is 0 Å². The van der Waals surface area contributed by atoms with Crippen molar-refractivity contribution in [3.8, 4) is 5.75 Å². The molecule has 12 heavy (non-hydrogen) atoms. The second kappa shape index (κ2) is 4.31. The maximum atomic E-state index is 5.92. The third kappa shape index (κ3) is 2.11. The summed E-state index contributed by atoms with van der Waals surface area (Å²) >= 11 is 5.92. The molecule has 1 aromatic rings. The van der Waals surface area contributed by atoms with Crippen molar-refractivity contribution in [3.63, 3.8) is 0 Å². The molecule has 1 heterocycles. The summed E-state index contributed by atoms with van der Waals surface area (Å²) in [5, 5.41) is 0.684. The van der Waals surface area contributed by atoms with Crippen LogP contribution in [0.15, 0.2) is 12.3 Å². The van der Waals surface area contributed by atoms with E-state index >= 15 is 0 Å². The van der Waals surface area contributed by atoms with E-state index in [4.69, 9.17) is 16.3 Å². The van der Waals surface area contributed by atoms with Crippen LogP contribution in [0, 0.1) is 0 Å². The highest BCUT2D eigenvalue weighted by molar-refractivity contribution is 6.31. The van der Waals surface area contributed by atoms with Crippen LogP contribution in [0.5, 0.6) is 5.75 Å². The minimum absolute atomic E-state index is 0.642. The zero-order valence-corrected chi connectivity index (χ0v) is 8.06. The predicted octanol–water partition coefficient (Wildman–Crippen LogP) is 2.70. The number of nitrogens with zero attached hydrogens (tertiary/aromatic N) is 1. The second-order valence-corrected chi connectivity index (χ2v) is 2.79. The Kier molecular flexibility index (Phi) is 3.35. The molecule has 66 valence electrons. The molecule has 0 fully saturated rings. The lowest BCUT2D eigenvalue weighted by Crippen LogP contribution is -1.94. The van der Waals surface area contributed by atoms with Gasteiger partial charge in [-0.15, -0.1) is 0 Å². The van der Waals surface area contributed by atoms with Crippen molar-refractivity contribution >= 4 is 11.6 Å². The molecule has 0 unspecified atom stereocenters. The average molecular weight is 186 g/mol. The van der Waals surface area contributed by atoms with E-state index in [0.717, 1.165) is 17.9 Å². The second-order valence-electron chi connectivity index (χ2n) is 2.39. The van der Waals surface area contributed by atoms with Crippen LogP contribution in [0.2, 0.25) is 5.02 Å². The van der Waals surface area contributed by atoms with Crippen LogP contribution in [0.1, 0.15) is 19.5 Å². The first kappa shape index (κ1) is 9.33. The van der Waals surface area contributed by atoms with Crippen molar-refractivity contribution < 1.29 is 4.74 Å². The summed E-state index contributed by atoms with van der Waals surface area (Å²) in [6, 6.07) is 1.80. The highest BCUT2D eigenvalue weighted by Gasteiger charge is 2.00. The van der Waals surface area contributed by atoms with Gasteiger partial charge in [0.1, 0.15) is 5.75 Å². The molecule has 0 atom stereocenters. The molecule has 0 N–H and O–H groups in total. The summed E-state index contributed by atoms with van der Waals surface area (Å²) < 4.78 is 5.24. The molecule has 0 saturated heterocycles. The highest BCUT2D eigenvalue weighted by Crippen LogP contribution is 2.20. The van der Waals surface area contributed by atoms with Gasteiger partial charge in [-0.3, -0.25) is 4.98 Å². The molecule has 1 rings (SSSR count). The summed E-state index contributed by atoms with van der Waals surface area (Å²) in [4.78, 5) is 4.16. The number of aryl methyl sites for hydroxylation is 1. The number of halogens is 1. The van der Waals surface area contributed by atoms with Crippen LogP contribution in [0.25, 0.3) is 0 Å². The fraction of sp³-hybridized carbons (Fsp3) is 0.444. The molecule has 0 aliphatic rings. The zero-order chi connectivity index (χ0) is 8.97. The first-order valence-corrected chi connectivity index (χ1v) is 4.43. The fourth-order valence-corrected chi connectivity index (χ4v) is 1.24. The molecule has 0 aromatic carbocycles. The van der Waals surface area contributed by atoms with Crippen molar-refractivity contribution in [2.45, 2.75) is 20.3 Å². The number of rotatable bonds is 3. The number of hydrogen-bond acceptors (Lipinski definition) is 2. The summed E-state index contributed by atoms with van der Waals surface area (Å²) in [5.41, 5.74) is 0.917. The predicted molar refractivity (Wildman–Crippen MR) is 49.8 cm³/mol. The van der Waals surface area contributed by atoms with Crippen molar-refractivity contribution in [2.75, 3.05) is 6.61 Å². The maximum absolute atomic E-state index is 5.92. The van der Waals surface area contributed by atoms with Gasteiger partial charge in [-0.2, -0.15) is 0 Å². The summed E-state index contributed by atoms with van der Waals surface area (Å²) in [6.07, 6.45) is 2.56. The molecular formula is C9H12ClNO. The van der Waals surface area contributed by atoms with Gasteiger partial charge < -0.3 is 4.74 Å². The highest BCUT2D eigenvalue weighted by atomic mass is 35.5. The van der Waals surface area contributed by atoms with Gasteiger partial charge in [-0.25, -0.2) is 0 Å². The van der Waals surface area contributed by atoms with E-state index in [1.807, 2.05) is 13.8 Å². The van der Waals surface area contributed by atoms with Gasteiger partial charge in [0, 0.05) is 6.07 Å². The topological polar surface area (TPSA) is 22.1 Å². The third-order valence-electron chi connectivity index (χ3n) is 1.54. The minimum atomic E-state index is 0.642. The van der Waals surface area contributed by atoms with Gasteiger partial charge in [0.15, 0.2) is 0 Å². The molecule has 0 aliphatic carbocycles. The quantitative estimate of drug-likeness (QED) is 0.723. The molecule has 0 aliphatic heterocycles. The molecule has 0 bridgehead atoms. The van der Waals surface area contributed by atoms with E-state index in [0.29, 0.717) is 11.6 Å². The normalized spacial score (nSPS) is 9.92. The zero-order valence-electron chi connectivity index (χ0n) is 7.30. The van der Waals surface area contributed by atoms with Crippen LogP contribution >= 0.6 is 11.6 Å². The Morgan fingerprint density at radius 2 is 2.25 bits per heavy atom. The fourth-order valence-electron chi connectivity index (χ4n) is 0.954. The molecule has 0 amide bonds. The van der Waals surface area contributed by atoms with E-state index in [9.17, 15) is 0 Å². The van der Waals surface area contributed by atoms with E-state index in [1.54, 1.807) is 12.3 Å². The Bertz CT molecular complexity index is 263. The molecule has 1 aromatic heterocycles. The Balaban J connectivity index is 2.86. The molecule has 0 radical (unpaired) electrons. The average Bonchev–Trinajstić information content (AvgIpc) is 2.05. The van der Waals surface area contributed by atoms with Gasteiger partial charge in [0.25, 0.3) is 0 Å². The molecule has 0 saturated carbocycles. The van der Waals surface area contributed by atoms with Crippen molar-refractivity contribution in [1.29, 1.82) is 0 Å². The molecular weight excluding hydrogens is 174 g/mol. The third-order valence-corrected chi connectivity index (χ3v) is 1.87. The lowest BCUT2D eigenvalue weighted by molar-refractivity contribution is 0.338. The van der Waals surface area contributed by atoms with E-state index in [2.05, 4.69) is 4.98 Å². The smallest absolute Gasteiger partial charge is 0.139 e. The Morgan fingerprint density at radius 1 is 1.50 bits per heavy atom. The van der Waals surface area contributed by atoms with Gasteiger partial charge in [0.2, 0.25) is 0 Å². The van der Waals surface area contributed by atoms with Crippen LogP contribution in [-0.2, 0) is 6.42 Å². The summed E-state index contributed by atoms with van der Waals surface area (Å²) in [6.45, 7) is 4.60. The van der Waals surface area contributed by atoms with Gasteiger partial charge in [0.05, 0.1) is 23.5 Å². The molecule has 0 spiro atoms. The van der Waals surface area contributed by atoms with E-state index in [1.165, 1.54) is 0 Å². The SMILES string of the molecule is CCOc1cnc(CC)c(Cl)c1.